The number of nitrogen functional groups attached to an aromatic ring is 1. The van der Waals surface area contributed by atoms with E-state index in [-0.39, 0.29) is 27.8 Å². The predicted molar refractivity (Wildman–Crippen MR) is 104 cm³/mol. The number of ether oxygens (including phenoxy) is 1. The van der Waals surface area contributed by atoms with E-state index in [2.05, 4.69) is 4.98 Å². The maximum absolute atomic E-state index is 12.1. The van der Waals surface area contributed by atoms with Gasteiger partial charge in [0.25, 0.3) is 0 Å². The summed E-state index contributed by atoms with van der Waals surface area (Å²) in [6.45, 7) is 1.91. The largest absolute Gasteiger partial charge is 0.462 e. The van der Waals surface area contributed by atoms with Gasteiger partial charge in [-0.2, -0.15) is 5.26 Å². The van der Waals surface area contributed by atoms with Gasteiger partial charge >= 0.3 is 5.97 Å². The van der Waals surface area contributed by atoms with E-state index in [4.69, 9.17) is 10.5 Å². The van der Waals surface area contributed by atoms with Gasteiger partial charge in [-0.25, -0.2) is 22.5 Å². The zero-order valence-electron chi connectivity index (χ0n) is 14.9. The average molecular weight is 427 g/mol. The van der Waals surface area contributed by atoms with Gasteiger partial charge in [0, 0.05) is 31.6 Å². The van der Waals surface area contributed by atoms with E-state index in [0.29, 0.717) is 15.5 Å². The molecular weight excluding hydrogens is 408 g/mol. The van der Waals surface area contributed by atoms with E-state index in [1.54, 1.807) is 13.0 Å². The number of thioether (sulfide) groups is 1. The number of esters is 1. The van der Waals surface area contributed by atoms with E-state index in [9.17, 15) is 18.5 Å². The molecule has 0 bridgehead atoms. The molecule has 0 atom stereocenters. The molecule has 0 radical (unpaired) electrons. The second-order valence-electron chi connectivity index (χ2n) is 5.39. The molecule has 0 aliphatic carbocycles. The zero-order valence-corrected chi connectivity index (χ0v) is 17.4. The molecule has 11 heteroatoms. The van der Waals surface area contributed by atoms with Crippen LogP contribution in [0.5, 0.6) is 0 Å². The zero-order chi connectivity index (χ0) is 20.2. The van der Waals surface area contributed by atoms with Gasteiger partial charge in [-0.05, 0) is 19.1 Å². The van der Waals surface area contributed by atoms with Gasteiger partial charge in [0.2, 0.25) is 10.0 Å². The molecule has 0 aliphatic rings. The van der Waals surface area contributed by atoms with Crippen molar-refractivity contribution in [3.05, 3.63) is 34.3 Å². The van der Waals surface area contributed by atoms with Crippen molar-refractivity contribution < 1.29 is 17.9 Å². The quantitative estimate of drug-likeness (QED) is 0.528. The molecule has 0 aliphatic heterocycles. The molecule has 2 N–H and O–H groups in total. The highest BCUT2D eigenvalue weighted by Gasteiger charge is 2.23. The van der Waals surface area contributed by atoms with E-state index >= 15 is 0 Å². The lowest BCUT2D eigenvalue weighted by Crippen LogP contribution is -2.22. The van der Waals surface area contributed by atoms with Crippen molar-refractivity contribution in [3.63, 3.8) is 0 Å². The number of aromatic nitrogens is 1. The first-order valence-electron chi connectivity index (χ1n) is 7.72. The standard InChI is InChI=1S/C16H18N4O4S3/c1-4-24-16(21)14-12(11(7-17)15(18)26-14)9-25-13-6-5-10(8-19-13)27(22,23)20(2)3/h5-6,8H,4,9,18H2,1-3H3. The third kappa shape index (κ3) is 4.59. The number of pyridine rings is 1. The number of carbonyl (C=O) groups excluding carboxylic acids is 1. The second kappa shape index (κ2) is 8.71. The molecule has 0 saturated carbocycles. The van der Waals surface area contributed by atoms with Gasteiger partial charge in [0.15, 0.2) is 0 Å². The van der Waals surface area contributed by atoms with Crippen molar-refractivity contribution >= 4 is 44.1 Å². The summed E-state index contributed by atoms with van der Waals surface area (Å²) in [6, 6.07) is 5.06. The van der Waals surface area contributed by atoms with Gasteiger partial charge in [-0.1, -0.05) is 0 Å². The number of thiophene rings is 1. The van der Waals surface area contributed by atoms with Crippen LogP contribution in [0, 0.1) is 11.3 Å². The smallest absolute Gasteiger partial charge is 0.348 e. The molecule has 0 aromatic carbocycles. The van der Waals surface area contributed by atoms with E-state index in [1.807, 2.05) is 6.07 Å². The van der Waals surface area contributed by atoms with Crippen LogP contribution in [-0.2, 0) is 20.5 Å². The highest BCUT2D eigenvalue weighted by molar-refractivity contribution is 7.98. The molecule has 27 heavy (non-hydrogen) atoms. The lowest BCUT2D eigenvalue weighted by Gasteiger charge is -2.11. The molecule has 2 aromatic rings. The van der Waals surface area contributed by atoms with Crippen molar-refractivity contribution in [1.82, 2.24) is 9.29 Å². The first-order chi connectivity index (χ1) is 12.7. The lowest BCUT2D eigenvalue weighted by molar-refractivity contribution is 0.0531. The maximum Gasteiger partial charge on any atom is 0.348 e. The Balaban J connectivity index is 2.24. The third-order valence-electron chi connectivity index (χ3n) is 3.46. The summed E-state index contributed by atoms with van der Waals surface area (Å²) in [5, 5.41) is 10.1. The number of nitrogens with zero attached hydrogens (tertiary/aromatic N) is 3. The first-order valence-corrected chi connectivity index (χ1v) is 11.0. The number of nitriles is 1. The fourth-order valence-electron chi connectivity index (χ4n) is 2.07. The van der Waals surface area contributed by atoms with E-state index in [0.717, 1.165) is 15.6 Å². The Labute approximate surface area is 166 Å². The third-order valence-corrected chi connectivity index (χ3v) is 7.27. The minimum absolute atomic E-state index is 0.0848. The molecule has 2 aromatic heterocycles. The van der Waals surface area contributed by atoms with E-state index < -0.39 is 16.0 Å². The molecule has 2 rings (SSSR count). The second-order valence-corrected chi connectivity index (χ2v) is 9.59. The highest BCUT2D eigenvalue weighted by atomic mass is 32.2. The Hall–Kier alpha value is -2.13. The number of hydrogen-bond acceptors (Lipinski definition) is 9. The summed E-state index contributed by atoms with van der Waals surface area (Å²) in [5.74, 6) is -0.246. The van der Waals surface area contributed by atoms with Crippen LogP contribution >= 0.6 is 23.1 Å². The van der Waals surface area contributed by atoms with Crippen molar-refractivity contribution in [2.75, 3.05) is 26.4 Å². The number of nitrogens with two attached hydrogens (primary N) is 1. The fourth-order valence-corrected chi connectivity index (χ4v) is 4.81. The minimum Gasteiger partial charge on any atom is -0.462 e. The number of hydrogen-bond donors (Lipinski definition) is 1. The molecule has 8 nitrogen and oxygen atoms in total. The topological polar surface area (TPSA) is 126 Å². The number of carbonyl (C=O) groups is 1. The van der Waals surface area contributed by atoms with Crippen LogP contribution < -0.4 is 5.73 Å². The summed E-state index contributed by atoms with van der Waals surface area (Å²) >= 11 is 2.29. The maximum atomic E-state index is 12.1. The van der Waals surface area contributed by atoms with E-state index in [1.165, 1.54) is 38.1 Å². The average Bonchev–Trinajstić information content (AvgIpc) is 2.96. The SMILES string of the molecule is CCOC(=O)c1sc(N)c(C#N)c1CSc1ccc(S(=O)(=O)N(C)C)cn1. The van der Waals surface area contributed by atoms with Crippen molar-refractivity contribution in [1.29, 1.82) is 5.26 Å². The van der Waals surface area contributed by atoms with Gasteiger partial charge < -0.3 is 10.5 Å². The van der Waals surface area contributed by atoms with Gasteiger partial charge in [-0.15, -0.1) is 23.1 Å². The van der Waals surface area contributed by atoms with Gasteiger partial charge in [0.05, 0.1) is 17.2 Å². The predicted octanol–water partition coefficient (Wildman–Crippen LogP) is 2.32. The van der Waals surface area contributed by atoms with Crippen LogP contribution in [0.25, 0.3) is 0 Å². The summed E-state index contributed by atoms with van der Waals surface area (Å²) in [4.78, 5) is 16.6. The summed E-state index contributed by atoms with van der Waals surface area (Å²) in [5.41, 5.74) is 6.59. The monoisotopic (exact) mass is 426 g/mol. The molecular formula is C16H18N4O4S3. The summed E-state index contributed by atoms with van der Waals surface area (Å²) < 4.78 is 30.3. The Kier molecular flexibility index (Phi) is 6.83. The first kappa shape index (κ1) is 21.2. The van der Waals surface area contributed by atoms with Gasteiger partial charge in [0.1, 0.15) is 20.8 Å². The highest BCUT2D eigenvalue weighted by Crippen LogP contribution is 2.35. The Morgan fingerprint density at radius 2 is 2.15 bits per heavy atom. The number of anilines is 1. The fraction of sp³-hybridized carbons (Fsp3) is 0.312. The Bertz CT molecular complexity index is 976. The van der Waals surface area contributed by atoms with Crippen molar-refractivity contribution in [2.24, 2.45) is 0 Å². The molecule has 0 unspecified atom stereocenters. The molecule has 0 amide bonds. The summed E-state index contributed by atoms with van der Waals surface area (Å²) in [7, 11) is -0.662. The van der Waals surface area contributed by atoms with Gasteiger partial charge in [-0.3, -0.25) is 0 Å². The van der Waals surface area contributed by atoms with Crippen molar-refractivity contribution in [2.45, 2.75) is 22.6 Å². The molecule has 0 fully saturated rings. The number of rotatable bonds is 7. The van der Waals surface area contributed by atoms with Crippen LogP contribution in [0.4, 0.5) is 5.00 Å². The van der Waals surface area contributed by atoms with Crippen LogP contribution in [0.15, 0.2) is 28.3 Å². The minimum atomic E-state index is -3.55. The van der Waals surface area contributed by atoms with Crippen LogP contribution in [-0.4, -0.2) is 44.4 Å². The molecule has 2 heterocycles. The normalized spacial score (nSPS) is 11.4. The van der Waals surface area contributed by atoms with Crippen molar-refractivity contribution in [3.8, 4) is 6.07 Å². The number of sulfonamides is 1. The van der Waals surface area contributed by atoms with Crippen LogP contribution in [0.1, 0.15) is 27.7 Å². The molecule has 0 spiro atoms. The Morgan fingerprint density at radius 1 is 1.44 bits per heavy atom. The summed E-state index contributed by atoms with van der Waals surface area (Å²) in [6.07, 6.45) is 1.27. The van der Waals surface area contributed by atoms with Crippen LogP contribution in [0.3, 0.4) is 0 Å². The molecule has 144 valence electrons. The lowest BCUT2D eigenvalue weighted by atomic mass is 10.2. The van der Waals surface area contributed by atoms with Crippen LogP contribution in [0.2, 0.25) is 0 Å². The molecule has 0 saturated heterocycles. The Morgan fingerprint density at radius 3 is 2.67 bits per heavy atom.